The van der Waals surface area contributed by atoms with Crippen molar-refractivity contribution >= 4 is 29.9 Å². The zero-order chi connectivity index (χ0) is 33.0. The summed E-state index contributed by atoms with van der Waals surface area (Å²) in [5.41, 5.74) is 0.929. The van der Waals surface area contributed by atoms with Crippen molar-refractivity contribution in [2.24, 2.45) is 11.8 Å². The van der Waals surface area contributed by atoms with Crippen molar-refractivity contribution < 1.29 is 28.7 Å². The fourth-order valence-electron chi connectivity index (χ4n) is 5.23. The maximum Gasteiger partial charge on any atom is 0.243 e. The third-order valence-electron chi connectivity index (χ3n) is 7.84. The standard InChI is InChI=1S/C35H48N4O6/c1-23(2)18-28(31(41)35(5)21-45-35)37-34(44)30(20-26-14-10-7-11-15-26)39-33(43)29(19-24(3)4)38-32(42)27(36-22-40)17-16-25-12-8-6-9-13-25/h6-15,22-24,27-30H,16-21H2,1-5H3,(H,36,40)(H,37,44)(H,38,42)(H,39,43)/t27?,28?,29?,30-,35?/m0/s1. The van der Waals surface area contributed by atoms with E-state index in [-0.39, 0.29) is 24.0 Å². The molecule has 5 atom stereocenters. The van der Waals surface area contributed by atoms with Gasteiger partial charge in [0, 0.05) is 6.42 Å². The Kier molecular flexibility index (Phi) is 13.3. The van der Waals surface area contributed by atoms with Crippen molar-refractivity contribution in [1.29, 1.82) is 0 Å². The molecule has 0 spiro atoms. The van der Waals surface area contributed by atoms with Gasteiger partial charge in [0.15, 0.2) is 5.78 Å². The van der Waals surface area contributed by atoms with Gasteiger partial charge in [-0.25, -0.2) is 0 Å². The highest BCUT2D eigenvalue weighted by Gasteiger charge is 2.50. The highest BCUT2D eigenvalue weighted by Crippen LogP contribution is 2.29. The second kappa shape index (κ2) is 16.9. The van der Waals surface area contributed by atoms with Gasteiger partial charge in [-0.1, -0.05) is 88.4 Å². The number of rotatable bonds is 19. The van der Waals surface area contributed by atoms with E-state index in [0.717, 1.165) is 11.1 Å². The number of hydrogen-bond acceptors (Lipinski definition) is 6. The van der Waals surface area contributed by atoms with Crippen molar-refractivity contribution in [3.63, 3.8) is 0 Å². The Hall–Kier alpha value is -4.05. The number of nitrogens with one attached hydrogen (secondary N) is 4. The Morgan fingerprint density at radius 3 is 1.73 bits per heavy atom. The van der Waals surface area contributed by atoms with Gasteiger partial charge in [-0.05, 0) is 55.6 Å². The van der Waals surface area contributed by atoms with Gasteiger partial charge in [0.1, 0.15) is 23.7 Å². The van der Waals surface area contributed by atoms with Crippen LogP contribution in [0.3, 0.4) is 0 Å². The quantitative estimate of drug-likeness (QED) is 0.140. The number of benzene rings is 2. The van der Waals surface area contributed by atoms with E-state index in [2.05, 4.69) is 21.3 Å². The molecule has 0 bridgehead atoms. The zero-order valence-electron chi connectivity index (χ0n) is 27.0. The molecule has 2 aromatic carbocycles. The molecule has 10 heteroatoms. The average Bonchev–Trinajstić information content (AvgIpc) is 3.76. The van der Waals surface area contributed by atoms with E-state index in [1.165, 1.54) is 0 Å². The van der Waals surface area contributed by atoms with E-state index in [1.807, 2.05) is 88.4 Å². The van der Waals surface area contributed by atoms with Crippen LogP contribution in [-0.4, -0.2) is 66.3 Å². The second-order valence-corrected chi connectivity index (χ2v) is 12.9. The molecule has 1 aliphatic heterocycles. The Balaban J connectivity index is 1.78. The molecule has 4 amide bonds. The molecule has 0 aromatic heterocycles. The van der Waals surface area contributed by atoms with Crippen LogP contribution in [0.5, 0.6) is 0 Å². The Morgan fingerprint density at radius 1 is 0.733 bits per heavy atom. The van der Waals surface area contributed by atoms with E-state index < -0.39 is 47.5 Å². The molecule has 3 rings (SSSR count). The molecule has 45 heavy (non-hydrogen) atoms. The number of ether oxygens (including phenoxy) is 1. The molecule has 4 unspecified atom stereocenters. The lowest BCUT2D eigenvalue weighted by Crippen LogP contribution is -2.58. The third kappa shape index (κ3) is 11.4. The summed E-state index contributed by atoms with van der Waals surface area (Å²) in [5, 5.41) is 11.1. The van der Waals surface area contributed by atoms with Crippen LogP contribution in [0.1, 0.15) is 65.0 Å². The molecular weight excluding hydrogens is 572 g/mol. The molecule has 1 fully saturated rings. The van der Waals surface area contributed by atoms with Crippen LogP contribution < -0.4 is 21.3 Å². The van der Waals surface area contributed by atoms with Gasteiger partial charge in [0.25, 0.3) is 0 Å². The highest BCUT2D eigenvalue weighted by atomic mass is 16.6. The summed E-state index contributed by atoms with van der Waals surface area (Å²) in [4.78, 5) is 65.4. The van der Waals surface area contributed by atoms with Crippen LogP contribution >= 0.6 is 0 Å². The number of amides is 4. The molecule has 1 aliphatic rings. The summed E-state index contributed by atoms with van der Waals surface area (Å²) in [6, 6.07) is 15.3. The van der Waals surface area contributed by atoms with Crippen LogP contribution in [0.25, 0.3) is 0 Å². The fraction of sp³-hybridized carbons (Fsp3) is 0.514. The number of carbonyl (C=O) groups excluding carboxylic acids is 5. The minimum atomic E-state index is -1.01. The predicted octanol–water partition coefficient (Wildman–Crippen LogP) is 2.88. The summed E-state index contributed by atoms with van der Waals surface area (Å²) in [6.45, 7) is 9.82. The van der Waals surface area contributed by atoms with Crippen molar-refractivity contribution in [2.75, 3.05) is 6.61 Å². The van der Waals surface area contributed by atoms with Crippen LogP contribution in [0.2, 0.25) is 0 Å². The van der Waals surface area contributed by atoms with Gasteiger partial charge < -0.3 is 26.0 Å². The minimum Gasteiger partial charge on any atom is -0.361 e. The number of ketones is 1. The predicted molar refractivity (Wildman–Crippen MR) is 172 cm³/mol. The monoisotopic (exact) mass is 620 g/mol. The first-order chi connectivity index (χ1) is 21.4. The molecule has 0 saturated carbocycles. The molecule has 0 aliphatic carbocycles. The molecule has 1 heterocycles. The molecule has 244 valence electrons. The van der Waals surface area contributed by atoms with Gasteiger partial charge in [0.2, 0.25) is 24.1 Å². The van der Waals surface area contributed by atoms with Gasteiger partial charge >= 0.3 is 0 Å². The van der Waals surface area contributed by atoms with Crippen molar-refractivity contribution in [3.05, 3.63) is 71.8 Å². The molecular formula is C35H48N4O6. The first kappa shape index (κ1) is 35.4. The van der Waals surface area contributed by atoms with Gasteiger partial charge in [0.05, 0.1) is 12.6 Å². The number of epoxide rings is 1. The minimum absolute atomic E-state index is 0.0385. The Morgan fingerprint density at radius 2 is 1.20 bits per heavy atom. The summed E-state index contributed by atoms with van der Waals surface area (Å²) < 4.78 is 5.37. The SMILES string of the molecule is CC(C)CC(NC(=O)C(CCc1ccccc1)NC=O)C(=O)N[C@@H](Cc1ccccc1)C(=O)NC(CC(C)C)C(=O)C1(C)CO1. The first-order valence-electron chi connectivity index (χ1n) is 15.8. The summed E-state index contributed by atoms with van der Waals surface area (Å²) >= 11 is 0. The summed E-state index contributed by atoms with van der Waals surface area (Å²) in [7, 11) is 0. The largest absolute Gasteiger partial charge is 0.361 e. The molecule has 10 nitrogen and oxygen atoms in total. The zero-order valence-corrected chi connectivity index (χ0v) is 27.0. The van der Waals surface area contributed by atoms with Gasteiger partial charge in [-0.2, -0.15) is 0 Å². The average molecular weight is 621 g/mol. The maximum atomic E-state index is 13.8. The second-order valence-electron chi connectivity index (χ2n) is 12.9. The van der Waals surface area contributed by atoms with Crippen LogP contribution in [0.4, 0.5) is 0 Å². The van der Waals surface area contributed by atoms with Gasteiger partial charge in [-0.3, -0.25) is 24.0 Å². The lowest BCUT2D eigenvalue weighted by atomic mass is 9.93. The van der Waals surface area contributed by atoms with E-state index in [0.29, 0.717) is 38.7 Å². The highest BCUT2D eigenvalue weighted by molar-refractivity contribution is 5.98. The Bertz CT molecular complexity index is 1280. The maximum absolute atomic E-state index is 13.8. The summed E-state index contributed by atoms with van der Waals surface area (Å²) in [6.07, 6.45) is 2.31. The number of Topliss-reactive ketones (excluding diaryl/α,β-unsaturated/α-hetero) is 1. The van der Waals surface area contributed by atoms with Crippen molar-refractivity contribution in [3.8, 4) is 0 Å². The molecule has 0 radical (unpaired) electrons. The van der Waals surface area contributed by atoms with E-state index in [4.69, 9.17) is 4.74 Å². The van der Waals surface area contributed by atoms with Crippen molar-refractivity contribution in [2.45, 2.75) is 96.5 Å². The van der Waals surface area contributed by atoms with Crippen LogP contribution in [0.15, 0.2) is 60.7 Å². The normalized spacial score (nSPS) is 18.3. The molecule has 1 saturated heterocycles. The molecule has 4 N–H and O–H groups in total. The Labute approximate surface area is 266 Å². The van der Waals surface area contributed by atoms with E-state index >= 15 is 0 Å². The fourth-order valence-corrected chi connectivity index (χ4v) is 5.23. The third-order valence-corrected chi connectivity index (χ3v) is 7.84. The van der Waals surface area contributed by atoms with Crippen molar-refractivity contribution in [1.82, 2.24) is 21.3 Å². The van der Waals surface area contributed by atoms with Crippen LogP contribution in [0, 0.1) is 11.8 Å². The number of carbonyl (C=O) groups is 5. The number of hydrogen-bond donors (Lipinski definition) is 4. The first-order valence-corrected chi connectivity index (χ1v) is 15.8. The topological polar surface area (TPSA) is 146 Å². The van der Waals surface area contributed by atoms with E-state index in [1.54, 1.807) is 6.92 Å². The van der Waals surface area contributed by atoms with Gasteiger partial charge in [-0.15, -0.1) is 0 Å². The molecule has 2 aromatic rings. The van der Waals surface area contributed by atoms with Crippen LogP contribution in [-0.2, 0) is 41.6 Å². The van der Waals surface area contributed by atoms with E-state index in [9.17, 15) is 24.0 Å². The number of aryl methyl sites for hydroxylation is 1. The smallest absolute Gasteiger partial charge is 0.243 e. The summed E-state index contributed by atoms with van der Waals surface area (Å²) in [5.74, 6) is -1.52. The lowest BCUT2D eigenvalue weighted by molar-refractivity contribution is -0.135. The lowest BCUT2D eigenvalue weighted by Gasteiger charge is -2.28.